The summed E-state index contributed by atoms with van der Waals surface area (Å²) in [4.78, 5) is 23.2. The number of carbonyl (C=O) groups is 2. The summed E-state index contributed by atoms with van der Waals surface area (Å²) in [7, 11) is 0. The maximum Gasteiger partial charge on any atom is 0.333 e. The molecule has 2 N–H and O–H groups in total. The van der Waals surface area contributed by atoms with Crippen molar-refractivity contribution in [1.29, 1.82) is 0 Å². The van der Waals surface area contributed by atoms with E-state index < -0.39 is 17.5 Å². The smallest absolute Gasteiger partial charge is 0.333 e. The van der Waals surface area contributed by atoms with Crippen LogP contribution in [0.5, 0.6) is 0 Å². The van der Waals surface area contributed by atoms with E-state index in [2.05, 4.69) is 26.0 Å². The van der Waals surface area contributed by atoms with Gasteiger partial charge in [0.2, 0.25) is 0 Å². The van der Waals surface area contributed by atoms with Crippen molar-refractivity contribution in [2.45, 2.75) is 91.6 Å². The number of hydrogen-bond acceptors (Lipinski definition) is 3. The van der Waals surface area contributed by atoms with Crippen LogP contribution in [0.2, 0.25) is 0 Å². The van der Waals surface area contributed by atoms with E-state index in [0.717, 1.165) is 32.1 Å². The number of aliphatic hydroxyl groups is 1. The van der Waals surface area contributed by atoms with Gasteiger partial charge in [-0.05, 0) is 37.5 Å². The van der Waals surface area contributed by atoms with E-state index in [-0.39, 0.29) is 5.92 Å². The second kappa shape index (κ2) is 10.9. The molecule has 1 saturated carbocycles. The molecule has 0 spiro atoms. The zero-order valence-electron chi connectivity index (χ0n) is 17.0. The molecule has 0 aromatic heterocycles. The first-order valence-electron chi connectivity index (χ1n) is 10.3. The maximum atomic E-state index is 12.2. The first-order chi connectivity index (χ1) is 12.2. The third kappa shape index (κ3) is 7.22. The van der Waals surface area contributed by atoms with Crippen LogP contribution >= 0.6 is 0 Å². The molecule has 4 atom stereocenters. The van der Waals surface area contributed by atoms with Crippen molar-refractivity contribution in [2.75, 3.05) is 0 Å². The van der Waals surface area contributed by atoms with E-state index in [4.69, 9.17) is 5.11 Å². The van der Waals surface area contributed by atoms with Crippen LogP contribution in [0.25, 0.3) is 0 Å². The van der Waals surface area contributed by atoms with Gasteiger partial charge in [-0.1, -0.05) is 65.5 Å². The van der Waals surface area contributed by atoms with Gasteiger partial charge < -0.3 is 10.2 Å². The third-order valence-electron chi connectivity index (χ3n) is 5.92. The Morgan fingerprint density at radius 3 is 2.65 bits per heavy atom. The van der Waals surface area contributed by atoms with Crippen molar-refractivity contribution in [2.24, 2.45) is 23.2 Å². The van der Waals surface area contributed by atoms with Crippen LogP contribution in [0.15, 0.2) is 12.2 Å². The highest BCUT2D eigenvalue weighted by molar-refractivity contribution is 5.83. The fraction of sp³-hybridized carbons (Fsp3) is 0.818. The van der Waals surface area contributed by atoms with Gasteiger partial charge in [0.1, 0.15) is 5.78 Å². The summed E-state index contributed by atoms with van der Waals surface area (Å²) in [6.45, 7) is 8.06. The molecule has 1 aliphatic rings. The molecule has 2 unspecified atom stereocenters. The van der Waals surface area contributed by atoms with E-state index >= 15 is 0 Å². The maximum absolute atomic E-state index is 12.2. The standard InChI is InChI=1S/C22H38O4/c1-5-9-16(2)10-8-11-17-13-14-19(23)18(17)12-6-7-15-22(3,4)20(24)21(25)26/h8,11,16-18,20,24H,5-7,9-10,12-15H2,1-4H3,(H,25,26)/t16?,17-,18+,20?/m0/s1. The molecule has 26 heavy (non-hydrogen) atoms. The average Bonchev–Trinajstić information content (AvgIpc) is 2.91. The molecule has 4 nitrogen and oxygen atoms in total. The summed E-state index contributed by atoms with van der Waals surface area (Å²) >= 11 is 0. The quantitative estimate of drug-likeness (QED) is 0.377. The summed E-state index contributed by atoms with van der Waals surface area (Å²) in [5.41, 5.74) is -0.639. The second-order valence-corrected chi connectivity index (χ2v) is 8.81. The molecule has 0 aromatic carbocycles. The number of ketones is 1. The predicted octanol–water partition coefficient (Wildman–Crippen LogP) is 5.00. The molecule has 4 heteroatoms. The molecular formula is C22H38O4. The average molecular weight is 367 g/mol. The van der Waals surface area contributed by atoms with Crippen molar-refractivity contribution in [3.63, 3.8) is 0 Å². The van der Waals surface area contributed by atoms with Crippen molar-refractivity contribution < 1.29 is 19.8 Å². The van der Waals surface area contributed by atoms with Gasteiger partial charge in [0.05, 0.1) is 0 Å². The number of carboxylic acids is 1. The highest BCUT2D eigenvalue weighted by Gasteiger charge is 2.34. The number of aliphatic carboxylic acids is 1. The van der Waals surface area contributed by atoms with Crippen molar-refractivity contribution in [3.05, 3.63) is 12.2 Å². The lowest BCUT2D eigenvalue weighted by molar-refractivity contribution is -0.153. The third-order valence-corrected chi connectivity index (χ3v) is 5.92. The monoisotopic (exact) mass is 366 g/mol. The molecular weight excluding hydrogens is 328 g/mol. The Balaban J connectivity index is 2.43. The van der Waals surface area contributed by atoms with Crippen LogP contribution in [-0.2, 0) is 9.59 Å². The summed E-state index contributed by atoms with van der Waals surface area (Å²) in [6.07, 6.45) is 11.7. The van der Waals surface area contributed by atoms with Crippen LogP contribution < -0.4 is 0 Å². The van der Waals surface area contributed by atoms with Gasteiger partial charge in [-0.2, -0.15) is 0 Å². The van der Waals surface area contributed by atoms with E-state index in [1.165, 1.54) is 12.8 Å². The number of carbonyl (C=O) groups excluding carboxylic acids is 1. The summed E-state index contributed by atoms with van der Waals surface area (Å²) in [5.74, 6) is 0.415. The second-order valence-electron chi connectivity index (χ2n) is 8.81. The van der Waals surface area contributed by atoms with Gasteiger partial charge >= 0.3 is 5.97 Å². The number of carboxylic acid groups (broad SMARTS) is 1. The minimum atomic E-state index is -1.34. The Hall–Kier alpha value is -1.16. The summed E-state index contributed by atoms with van der Waals surface area (Å²) in [5, 5.41) is 18.7. The molecule has 0 amide bonds. The van der Waals surface area contributed by atoms with Gasteiger partial charge in [-0.3, -0.25) is 4.79 Å². The van der Waals surface area contributed by atoms with E-state index in [0.29, 0.717) is 30.5 Å². The van der Waals surface area contributed by atoms with Crippen LogP contribution in [0.3, 0.4) is 0 Å². The molecule has 0 aromatic rings. The lowest BCUT2D eigenvalue weighted by atomic mass is 9.80. The van der Waals surface area contributed by atoms with Crippen LogP contribution in [0.1, 0.15) is 85.5 Å². The summed E-state index contributed by atoms with van der Waals surface area (Å²) < 4.78 is 0. The SMILES string of the molecule is CCCC(C)CC=C[C@H]1CCC(=O)[C@@H]1CCCCC(C)(C)C(O)C(=O)O. The molecule has 1 fully saturated rings. The Kier molecular flexibility index (Phi) is 9.56. The van der Waals surface area contributed by atoms with Crippen LogP contribution in [0.4, 0.5) is 0 Å². The summed E-state index contributed by atoms with van der Waals surface area (Å²) in [6, 6.07) is 0. The van der Waals surface area contributed by atoms with E-state index in [1.54, 1.807) is 13.8 Å². The van der Waals surface area contributed by atoms with Gasteiger partial charge in [0.25, 0.3) is 0 Å². The van der Waals surface area contributed by atoms with Crippen molar-refractivity contribution in [3.8, 4) is 0 Å². The minimum Gasteiger partial charge on any atom is -0.479 e. The lowest BCUT2D eigenvalue weighted by Gasteiger charge is -2.27. The normalized spacial score (nSPS) is 23.5. The molecule has 0 aliphatic heterocycles. The van der Waals surface area contributed by atoms with Gasteiger partial charge in [-0.15, -0.1) is 0 Å². The minimum absolute atomic E-state index is 0.125. The zero-order valence-corrected chi connectivity index (χ0v) is 17.0. The van der Waals surface area contributed by atoms with Crippen LogP contribution in [0, 0.1) is 23.2 Å². The topological polar surface area (TPSA) is 74.6 Å². The molecule has 0 radical (unpaired) electrons. The first kappa shape index (κ1) is 22.9. The lowest BCUT2D eigenvalue weighted by Crippen LogP contribution is -2.36. The predicted molar refractivity (Wildman–Crippen MR) is 105 cm³/mol. The number of aliphatic hydroxyl groups excluding tert-OH is 1. The molecule has 1 aliphatic carbocycles. The number of allylic oxidation sites excluding steroid dienone is 2. The number of hydrogen-bond donors (Lipinski definition) is 2. The largest absolute Gasteiger partial charge is 0.479 e. The Morgan fingerprint density at radius 1 is 1.35 bits per heavy atom. The van der Waals surface area contributed by atoms with Crippen LogP contribution in [-0.4, -0.2) is 28.1 Å². The highest BCUT2D eigenvalue weighted by atomic mass is 16.4. The molecule has 0 heterocycles. The first-order valence-corrected chi connectivity index (χ1v) is 10.3. The Bertz CT molecular complexity index is 481. The Morgan fingerprint density at radius 2 is 2.04 bits per heavy atom. The molecule has 150 valence electrons. The van der Waals surface area contributed by atoms with Crippen molar-refractivity contribution >= 4 is 11.8 Å². The fourth-order valence-corrected chi connectivity index (χ4v) is 4.05. The van der Waals surface area contributed by atoms with Gasteiger partial charge in [0.15, 0.2) is 6.10 Å². The molecule has 0 bridgehead atoms. The zero-order chi connectivity index (χ0) is 19.7. The van der Waals surface area contributed by atoms with E-state index in [1.807, 2.05) is 0 Å². The highest BCUT2D eigenvalue weighted by Crippen LogP contribution is 2.35. The fourth-order valence-electron chi connectivity index (χ4n) is 4.05. The number of Topliss-reactive ketones (excluding diaryl/α,β-unsaturated/α-hetero) is 1. The number of unbranched alkanes of at least 4 members (excludes halogenated alkanes) is 1. The van der Waals surface area contributed by atoms with Gasteiger partial charge in [0, 0.05) is 17.8 Å². The Labute approximate surface area is 159 Å². The van der Waals surface area contributed by atoms with Gasteiger partial charge in [-0.25, -0.2) is 4.79 Å². The van der Waals surface area contributed by atoms with E-state index in [9.17, 15) is 14.7 Å². The van der Waals surface area contributed by atoms with Crippen molar-refractivity contribution in [1.82, 2.24) is 0 Å². The molecule has 1 rings (SSSR count). The number of rotatable bonds is 12. The molecule has 0 saturated heterocycles.